The van der Waals surface area contributed by atoms with Crippen molar-refractivity contribution in [2.24, 2.45) is 5.41 Å². The third kappa shape index (κ3) is 6.16. The molecule has 1 aromatic carbocycles. The molecular weight excluding hydrogens is 611 g/mol. The summed E-state index contributed by atoms with van der Waals surface area (Å²) in [5.41, 5.74) is 4.55. The summed E-state index contributed by atoms with van der Waals surface area (Å²) < 4.78 is 99.3. The van der Waals surface area contributed by atoms with Crippen molar-refractivity contribution in [3.8, 4) is 11.3 Å². The average molecular weight is 644 g/mol. The highest BCUT2D eigenvalue weighted by molar-refractivity contribution is 5.97. The number of benzene rings is 1. The number of nitrogen functional groups attached to an aromatic ring is 1. The maximum atomic E-state index is 15.5. The number of fused-ring (bicyclic) bond motifs is 1. The molecule has 16 heteroatoms. The Morgan fingerprint density at radius 3 is 2.42 bits per heavy atom. The first-order chi connectivity index (χ1) is 20.9. The molecule has 2 atom stereocenters. The predicted octanol–water partition coefficient (Wildman–Crippen LogP) is 4.52. The summed E-state index contributed by atoms with van der Waals surface area (Å²) in [4.78, 5) is 32.4. The Labute approximate surface area is 253 Å². The molecule has 0 saturated carbocycles. The van der Waals surface area contributed by atoms with Crippen LogP contribution in [0, 0.1) is 18.2 Å². The van der Waals surface area contributed by atoms with Gasteiger partial charge in [-0.25, -0.2) is 27.1 Å². The van der Waals surface area contributed by atoms with Gasteiger partial charge in [-0.2, -0.15) is 18.3 Å². The second-order valence-electron chi connectivity index (χ2n) is 12.2. The van der Waals surface area contributed by atoms with Gasteiger partial charge >= 0.3 is 6.18 Å². The van der Waals surface area contributed by atoms with Crippen LogP contribution in [0.4, 0.5) is 36.6 Å². The highest BCUT2D eigenvalue weighted by Crippen LogP contribution is 2.40. The normalized spacial score (nSPS) is 21.0. The van der Waals surface area contributed by atoms with Gasteiger partial charge in [0, 0.05) is 50.1 Å². The van der Waals surface area contributed by atoms with Gasteiger partial charge in [-0.15, -0.1) is 0 Å². The van der Waals surface area contributed by atoms with E-state index >= 15 is 4.39 Å². The minimum Gasteiger partial charge on any atom is -0.382 e. The highest BCUT2D eigenvalue weighted by atomic mass is 19.4. The first kappa shape index (κ1) is 32.4. The molecular formula is C29H32F7N7O2. The van der Waals surface area contributed by atoms with Crippen molar-refractivity contribution in [1.82, 2.24) is 29.7 Å². The number of likely N-dealkylation sites (tertiary alicyclic amines) is 2. The van der Waals surface area contributed by atoms with E-state index in [9.17, 15) is 35.9 Å². The van der Waals surface area contributed by atoms with Crippen molar-refractivity contribution in [3.05, 3.63) is 47.0 Å². The monoisotopic (exact) mass is 643 g/mol. The van der Waals surface area contributed by atoms with Gasteiger partial charge in [0.1, 0.15) is 29.2 Å². The zero-order valence-electron chi connectivity index (χ0n) is 24.7. The average Bonchev–Trinajstić information content (AvgIpc) is 3.49. The van der Waals surface area contributed by atoms with Gasteiger partial charge in [-0.05, 0) is 50.1 Å². The highest BCUT2D eigenvalue weighted by Gasteiger charge is 2.55. The molecule has 2 aromatic heterocycles. The van der Waals surface area contributed by atoms with E-state index < -0.39 is 60.4 Å². The van der Waals surface area contributed by atoms with Crippen molar-refractivity contribution in [2.75, 3.05) is 31.9 Å². The number of nitrogens with zero attached hydrogens (tertiary/aromatic N) is 5. The lowest BCUT2D eigenvalue weighted by atomic mass is 9.91. The molecule has 2 amide bonds. The van der Waals surface area contributed by atoms with E-state index in [2.05, 4.69) is 15.4 Å². The number of hydrogen-bond donors (Lipinski definition) is 2. The number of alkyl halides is 6. The standard InChI is InChI=1S/C29H32F7N7O2/c1-15-8-19(30)18(10-17(15)25(44)40-21-13-42(12-20(21)31)26(45)27(2,3)29(34,35)36)22-9-16(23-24(37)38-14-39-43(22)23)11-41-6-4-28(32,33)5-7-41/h8-10,14,20-21H,4-7,11-13H2,1-3H3,(H,40,44)(H2,37,38,39)/t20-,21+/m0/s1. The number of piperidine rings is 1. The molecule has 0 spiro atoms. The lowest BCUT2D eigenvalue weighted by molar-refractivity contribution is -0.216. The van der Waals surface area contributed by atoms with E-state index in [1.807, 2.05) is 4.90 Å². The van der Waals surface area contributed by atoms with Crippen molar-refractivity contribution >= 4 is 23.1 Å². The maximum Gasteiger partial charge on any atom is 0.402 e. The summed E-state index contributed by atoms with van der Waals surface area (Å²) in [6, 6.07) is 2.62. The van der Waals surface area contributed by atoms with Crippen LogP contribution in [0.1, 0.15) is 48.2 Å². The van der Waals surface area contributed by atoms with Crippen molar-refractivity contribution in [2.45, 2.75) is 64.5 Å². The zero-order valence-corrected chi connectivity index (χ0v) is 24.7. The van der Waals surface area contributed by atoms with Gasteiger partial charge in [0.25, 0.3) is 11.8 Å². The number of aromatic nitrogens is 3. The zero-order chi connectivity index (χ0) is 33.1. The molecule has 3 aromatic rings. The molecule has 5 rings (SSSR count). The largest absolute Gasteiger partial charge is 0.402 e. The number of amides is 2. The molecule has 45 heavy (non-hydrogen) atoms. The molecule has 0 radical (unpaired) electrons. The Hall–Kier alpha value is -3.95. The van der Waals surface area contributed by atoms with Crippen LogP contribution in [0.15, 0.2) is 24.5 Å². The number of nitrogens with one attached hydrogen (secondary N) is 1. The SMILES string of the molecule is Cc1cc(F)c(-c2cc(CN3CCC(F)(F)CC3)c3c(N)ncnn23)cc1C(=O)N[C@@H]1CN(C(=O)C(C)(C)C(F)(F)F)C[C@@H]1F. The van der Waals surface area contributed by atoms with E-state index in [4.69, 9.17) is 5.73 Å². The summed E-state index contributed by atoms with van der Waals surface area (Å²) in [7, 11) is 0. The van der Waals surface area contributed by atoms with Gasteiger partial charge in [0.15, 0.2) is 5.82 Å². The maximum absolute atomic E-state index is 15.5. The summed E-state index contributed by atoms with van der Waals surface area (Å²) in [5.74, 6) is -5.54. The molecule has 2 fully saturated rings. The van der Waals surface area contributed by atoms with Crippen LogP contribution in [0.2, 0.25) is 0 Å². The second-order valence-corrected chi connectivity index (χ2v) is 12.2. The fourth-order valence-electron chi connectivity index (χ4n) is 5.68. The first-order valence-electron chi connectivity index (χ1n) is 14.2. The van der Waals surface area contributed by atoms with E-state index in [1.165, 1.54) is 17.5 Å². The smallest absolute Gasteiger partial charge is 0.382 e. The summed E-state index contributed by atoms with van der Waals surface area (Å²) in [6.45, 7) is 2.22. The Kier molecular flexibility index (Phi) is 8.25. The van der Waals surface area contributed by atoms with Crippen LogP contribution >= 0.6 is 0 Å². The van der Waals surface area contributed by atoms with Gasteiger partial charge in [0.2, 0.25) is 5.91 Å². The number of carbonyl (C=O) groups excluding carboxylic acids is 2. The van der Waals surface area contributed by atoms with Crippen LogP contribution in [0.25, 0.3) is 16.8 Å². The molecule has 2 saturated heterocycles. The van der Waals surface area contributed by atoms with E-state index in [-0.39, 0.29) is 60.7 Å². The molecule has 4 heterocycles. The van der Waals surface area contributed by atoms with Crippen molar-refractivity contribution in [3.63, 3.8) is 0 Å². The molecule has 9 nitrogen and oxygen atoms in total. The number of hydrogen-bond acceptors (Lipinski definition) is 6. The minimum absolute atomic E-state index is 0.0456. The van der Waals surface area contributed by atoms with Crippen LogP contribution in [-0.4, -0.2) is 86.7 Å². The van der Waals surface area contributed by atoms with Crippen molar-refractivity contribution in [1.29, 1.82) is 0 Å². The molecule has 0 unspecified atom stereocenters. The summed E-state index contributed by atoms with van der Waals surface area (Å²) in [5, 5.41) is 6.64. The Morgan fingerprint density at radius 1 is 1.11 bits per heavy atom. The fraction of sp³-hybridized carbons (Fsp3) is 0.517. The van der Waals surface area contributed by atoms with Crippen molar-refractivity contribution < 1.29 is 40.3 Å². The molecule has 244 valence electrons. The van der Waals surface area contributed by atoms with E-state index in [0.717, 1.165) is 17.3 Å². The Morgan fingerprint density at radius 2 is 1.78 bits per heavy atom. The van der Waals surface area contributed by atoms with E-state index in [1.54, 1.807) is 6.07 Å². The molecule has 3 N–H and O–H groups in total. The van der Waals surface area contributed by atoms with Gasteiger partial charge < -0.3 is 16.0 Å². The number of carbonyl (C=O) groups is 2. The minimum atomic E-state index is -4.86. The molecule has 2 aliphatic heterocycles. The van der Waals surface area contributed by atoms with E-state index in [0.29, 0.717) is 24.9 Å². The quantitative estimate of drug-likeness (QED) is 0.383. The molecule has 0 aliphatic carbocycles. The molecule has 0 bridgehead atoms. The predicted molar refractivity (Wildman–Crippen MR) is 150 cm³/mol. The summed E-state index contributed by atoms with van der Waals surface area (Å²) >= 11 is 0. The van der Waals surface area contributed by atoms with Crippen LogP contribution < -0.4 is 11.1 Å². The lowest BCUT2D eigenvalue weighted by Crippen LogP contribution is -2.49. The topological polar surface area (TPSA) is 109 Å². The number of rotatable bonds is 6. The molecule has 2 aliphatic rings. The van der Waals surface area contributed by atoms with Gasteiger partial charge in [0.05, 0.1) is 18.3 Å². The summed E-state index contributed by atoms with van der Waals surface area (Å²) in [6.07, 6.45) is -6.16. The fourth-order valence-corrected chi connectivity index (χ4v) is 5.68. The number of aryl methyl sites for hydroxylation is 1. The lowest BCUT2D eigenvalue weighted by Gasteiger charge is -2.31. The first-order valence-corrected chi connectivity index (χ1v) is 14.2. The number of nitrogens with two attached hydrogens (primary N) is 1. The Balaban J connectivity index is 1.42. The van der Waals surface area contributed by atoms with Gasteiger partial charge in [-0.3, -0.25) is 14.5 Å². The Bertz CT molecular complexity index is 1630. The van der Waals surface area contributed by atoms with Gasteiger partial charge in [-0.1, -0.05) is 0 Å². The van der Waals surface area contributed by atoms with Crippen LogP contribution in [0.3, 0.4) is 0 Å². The van der Waals surface area contributed by atoms with Crippen LogP contribution in [0.5, 0.6) is 0 Å². The third-order valence-corrected chi connectivity index (χ3v) is 8.57. The number of halogens is 7. The third-order valence-electron chi connectivity index (χ3n) is 8.57. The van der Waals surface area contributed by atoms with Crippen LogP contribution in [-0.2, 0) is 11.3 Å². The number of anilines is 1. The second kappa shape index (κ2) is 11.4.